The zero-order valence-corrected chi connectivity index (χ0v) is 37.5. The summed E-state index contributed by atoms with van der Waals surface area (Å²) in [5.41, 5.74) is 0. The number of ether oxygens (including phenoxy) is 1. The van der Waals surface area contributed by atoms with E-state index >= 15 is 0 Å². The van der Waals surface area contributed by atoms with E-state index in [1.807, 2.05) is 0 Å². The number of hydrogen-bond donors (Lipinski definition) is 1. The second-order valence-corrected chi connectivity index (χ2v) is 16.9. The number of unbranched alkanes of at least 4 members (excludes halogenated alkanes) is 39. The van der Waals surface area contributed by atoms with Crippen LogP contribution < -0.4 is 0 Å². The van der Waals surface area contributed by atoms with Crippen LogP contribution in [0.2, 0.25) is 0 Å². The first-order chi connectivity index (χ1) is 26.6. The first kappa shape index (κ1) is 55.0. The molecule has 0 amide bonds. The summed E-state index contributed by atoms with van der Waals surface area (Å²) in [6.45, 7) is 7.47. The number of aliphatic carboxylic acids is 1. The minimum absolute atomic E-state index is 0.0257. The van der Waals surface area contributed by atoms with E-state index in [9.17, 15) is 9.59 Å². The predicted molar refractivity (Wildman–Crippen MR) is 239 cm³/mol. The summed E-state index contributed by atoms with van der Waals surface area (Å²) in [6, 6.07) is 0. The van der Waals surface area contributed by atoms with Crippen molar-refractivity contribution in [3.05, 3.63) is 0 Å². The van der Waals surface area contributed by atoms with Gasteiger partial charge in [0.25, 0.3) is 0 Å². The van der Waals surface area contributed by atoms with E-state index < -0.39 is 5.97 Å². The van der Waals surface area contributed by atoms with Crippen LogP contribution in [0.25, 0.3) is 0 Å². The van der Waals surface area contributed by atoms with Crippen molar-refractivity contribution in [1.29, 1.82) is 0 Å². The normalized spacial score (nSPS) is 11.1. The summed E-state index contributed by atoms with van der Waals surface area (Å²) in [4.78, 5) is 22.2. The standard InChI is InChI=1S/C32H64O2.C18H36O2/c1-3-5-7-9-11-13-15-17-19-21-23-25-27-29-31-34-32(33)30-28-26-24-22-20-18-16-14-12-10-8-6-4-2;1-2-3-4-5-6-7-8-9-10-11-12-13-14-15-16-17-18(19)20/h3-31H2,1-2H3;2-17H2,1H3,(H,19,20). The van der Waals surface area contributed by atoms with Gasteiger partial charge in [0, 0.05) is 12.8 Å². The number of hydrogen-bond acceptors (Lipinski definition) is 3. The van der Waals surface area contributed by atoms with Crippen LogP contribution in [0.3, 0.4) is 0 Å². The first-order valence-corrected chi connectivity index (χ1v) is 25.0. The summed E-state index contributed by atoms with van der Waals surface area (Å²) in [6.07, 6.45) is 57.4. The van der Waals surface area contributed by atoms with Gasteiger partial charge in [-0.1, -0.05) is 271 Å². The van der Waals surface area contributed by atoms with Gasteiger partial charge in [-0.15, -0.1) is 0 Å². The highest BCUT2D eigenvalue weighted by Gasteiger charge is 2.03. The second-order valence-electron chi connectivity index (χ2n) is 16.9. The quantitative estimate of drug-likeness (QED) is 0.0495. The molecule has 0 saturated heterocycles. The molecule has 0 aliphatic heterocycles. The van der Waals surface area contributed by atoms with Crippen LogP contribution in [-0.4, -0.2) is 23.7 Å². The predicted octanol–water partition coefficient (Wildman–Crippen LogP) is 17.8. The van der Waals surface area contributed by atoms with Gasteiger partial charge in [-0.2, -0.15) is 0 Å². The Balaban J connectivity index is 0. The average Bonchev–Trinajstić information content (AvgIpc) is 3.16. The lowest BCUT2D eigenvalue weighted by molar-refractivity contribution is -0.144. The maximum absolute atomic E-state index is 11.9. The molecule has 0 heterocycles. The van der Waals surface area contributed by atoms with Crippen molar-refractivity contribution in [2.75, 3.05) is 6.61 Å². The first-order valence-electron chi connectivity index (χ1n) is 25.0. The molecule has 0 bridgehead atoms. The number of carbonyl (C=O) groups is 2. The monoisotopic (exact) mass is 765 g/mol. The van der Waals surface area contributed by atoms with Gasteiger partial charge in [0.2, 0.25) is 0 Å². The lowest BCUT2D eigenvalue weighted by Crippen LogP contribution is -2.05. The molecule has 0 fully saturated rings. The fourth-order valence-corrected chi connectivity index (χ4v) is 7.49. The Kier molecular flexibility index (Phi) is 52.9. The number of esters is 1. The SMILES string of the molecule is CCCCCCCCCCCCCCCCCC(=O)O.CCCCCCCCCCCCCCCCOC(=O)CCCCCCCCCCCCCCC. The van der Waals surface area contributed by atoms with Gasteiger partial charge in [-0.05, 0) is 19.3 Å². The van der Waals surface area contributed by atoms with Crippen molar-refractivity contribution in [1.82, 2.24) is 0 Å². The lowest BCUT2D eigenvalue weighted by Gasteiger charge is -2.06. The van der Waals surface area contributed by atoms with Gasteiger partial charge >= 0.3 is 11.9 Å². The Morgan fingerprint density at radius 2 is 0.500 bits per heavy atom. The van der Waals surface area contributed by atoms with E-state index in [0.29, 0.717) is 19.4 Å². The molecule has 0 aromatic carbocycles. The minimum atomic E-state index is -0.653. The summed E-state index contributed by atoms with van der Waals surface area (Å²) >= 11 is 0. The number of carbonyl (C=O) groups excluding carboxylic acids is 1. The van der Waals surface area contributed by atoms with Crippen LogP contribution in [0.1, 0.15) is 303 Å². The van der Waals surface area contributed by atoms with Gasteiger partial charge in [0.1, 0.15) is 0 Å². The van der Waals surface area contributed by atoms with Crippen molar-refractivity contribution >= 4 is 11.9 Å². The summed E-state index contributed by atoms with van der Waals surface area (Å²) in [5, 5.41) is 8.52. The Morgan fingerprint density at radius 3 is 0.741 bits per heavy atom. The second kappa shape index (κ2) is 51.9. The van der Waals surface area contributed by atoms with Gasteiger partial charge < -0.3 is 9.84 Å². The molecule has 0 aliphatic rings. The number of rotatable bonds is 45. The van der Waals surface area contributed by atoms with Crippen molar-refractivity contribution in [3.63, 3.8) is 0 Å². The molecule has 0 aromatic rings. The van der Waals surface area contributed by atoms with Crippen molar-refractivity contribution in [3.8, 4) is 0 Å². The lowest BCUT2D eigenvalue weighted by atomic mass is 10.0. The summed E-state index contributed by atoms with van der Waals surface area (Å²) in [7, 11) is 0. The fraction of sp³-hybridized carbons (Fsp3) is 0.960. The molecule has 4 nitrogen and oxygen atoms in total. The van der Waals surface area contributed by atoms with Crippen molar-refractivity contribution < 1.29 is 19.4 Å². The van der Waals surface area contributed by atoms with Crippen LogP contribution in [0.15, 0.2) is 0 Å². The smallest absolute Gasteiger partial charge is 0.305 e. The third-order valence-electron chi connectivity index (χ3n) is 11.2. The molecule has 0 atom stereocenters. The maximum Gasteiger partial charge on any atom is 0.305 e. The zero-order valence-electron chi connectivity index (χ0n) is 37.5. The molecule has 1 N–H and O–H groups in total. The van der Waals surface area contributed by atoms with E-state index in [-0.39, 0.29) is 5.97 Å². The largest absolute Gasteiger partial charge is 0.481 e. The molecule has 0 aliphatic carbocycles. The van der Waals surface area contributed by atoms with E-state index in [2.05, 4.69) is 20.8 Å². The highest BCUT2D eigenvalue weighted by Crippen LogP contribution is 2.16. The molecule has 54 heavy (non-hydrogen) atoms. The fourth-order valence-electron chi connectivity index (χ4n) is 7.49. The number of carboxylic acid groups (broad SMARTS) is 1. The van der Waals surface area contributed by atoms with Gasteiger partial charge in [-0.3, -0.25) is 9.59 Å². The van der Waals surface area contributed by atoms with Crippen LogP contribution >= 0.6 is 0 Å². The van der Waals surface area contributed by atoms with Gasteiger partial charge in [0.15, 0.2) is 0 Å². The third kappa shape index (κ3) is 55.3. The van der Waals surface area contributed by atoms with Crippen LogP contribution in [-0.2, 0) is 14.3 Å². The maximum atomic E-state index is 11.9. The molecule has 0 rings (SSSR count). The number of carboxylic acids is 1. The van der Waals surface area contributed by atoms with Crippen LogP contribution in [0.5, 0.6) is 0 Å². The Hall–Kier alpha value is -1.06. The van der Waals surface area contributed by atoms with Gasteiger partial charge in [-0.25, -0.2) is 0 Å². The Morgan fingerprint density at radius 1 is 0.296 bits per heavy atom. The summed E-state index contributed by atoms with van der Waals surface area (Å²) < 4.78 is 5.42. The molecule has 0 radical (unpaired) electrons. The van der Waals surface area contributed by atoms with Crippen LogP contribution in [0, 0.1) is 0 Å². The van der Waals surface area contributed by atoms with E-state index in [4.69, 9.17) is 9.84 Å². The summed E-state index contributed by atoms with van der Waals surface area (Å²) in [5.74, 6) is -0.627. The third-order valence-corrected chi connectivity index (χ3v) is 11.2. The molecule has 0 aromatic heterocycles. The Bertz CT molecular complexity index is 692. The molecule has 0 spiro atoms. The van der Waals surface area contributed by atoms with Crippen molar-refractivity contribution in [2.45, 2.75) is 303 Å². The zero-order chi connectivity index (χ0) is 39.7. The van der Waals surface area contributed by atoms with E-state index in [1.165, 1.54) is 244 Å². The molecular formula is C50H100O4. The molecule has 4 heteroatoms. The molecule has 324 valence electrons. The van der Waals surface area contributed by atoms with E-state index in [1.54, 1.807) is 0 Å². The highest BCUT2D eigenvalue weighted by molar-refractivity contribution is 5.69. The molecule has 0 saturated carbocycles. The van der Waals surface area contributed by atoms with Crippen LogP contribution in [0.4, 0.5) is 0 Å². The van der Waals surface area contributed by atoms with Gasteiger partial charge in [0.05, 0.1) is 6.61 Å². The highest BCUT2D eigenvalue weighted by atomic mass is 16.5. The molecule has 0 unspecified atom stereocenters. The average molecular weight is 765 g/mol. The van der Waals surface area contributed by atoms with E-state index in [0.717, 1.165) is 25.7 Å². The van der Waals surface area contributed by atoms with Crippen molar-refractivity contribution in [2.24, 2.45) is 0 Å². The Labute approximate surface area is 340 Å². The molecular weight excluding hydrogens is 665 g/mol. The topological polar surface area (TPSA) is 63.6 Å². The minimum Gasteiger partial charge on any atom is -0.481 e.